The Hall–Kier alpha value is -1.49. The first-order valence-electron chi connectivity index (χ1n) is 5.21. The van der Waals surface area contributed by atoms with Crippen molar-refractivity contribution in [3.8, 4) is 0 Å². The Morgan fingerprint density at radius 2 is 2.19 bits per heavy atom. The zero-order valence-corrected chi connectivity index (χ0v) is 10.2. The van der Waals surface area contributed by atoms with Gasteiger partial charge in [-0.3, -0.25) is 5.32 Å². The number of alkyl carbamates (subject to hydrolysis) is 1. The number of hydrogen-bond donors (Lipinski definition) is 2. The molecule has 5 heteroatoms. The molecular formula is C11H19N3O2. The average Bonchev–Trinajstić information content (AvgIpc) is 2.08. The number of carbonyl (C=O) groups excluding carboxylic acids is 1. The van der Waals surface area contributed by atoms with Gasteiger partial charge in [0.05, 0.1) is 6.04 Å². The number of nitrogens with one attached hydrogen (secondary N) is 1. The smallest absolute Gasteiger partial charge is 0.412 e. The van der Waals surface area contributed by atoms with Gasteiger partial charge >= 0.3 is 6.09 Å². The highest BCUT2D eigenvalue weighted by molar-refractivity contribution is 5.70. The molecule has 1 aliphatic rings. The van der Waals surface area contributed by atoms with Gasteiger partial charge in [-0.15, -0.1) is 0 Å². The van der Waals surface area contributed by atoms with Crippen molar-refractivity contribution in [1.29, 1.82) is 0 Å². The lowest BCUT2D eigenvalue weighted by Gasteiger charge is -2.25. The van der Waals surface area contributed by atoms with Gasteiger partial charge in [0.2, 0.25) is 0 Å². The molecule has 5 nitrogen and oxygen atoms in total. The standard InChI is InChI=1S/C11H19N3O2/c1-8-7-9(5-6-14(8)12)13-10(15)16-11(2,3)4/h5-8H,12H2,1-4H3,(H,13,15). The molecule has 0 saturated heterocycles. The summed E-state index contributed by atoms with van der Waals surface area (Å²) in [7, 11) is 0. The summed E-state index contributed by atoms with van der Waals surface area (Å²) < 4.78 is 5.13. The third-order valence-electron chi connectivity index (χ3n) is 1.96. The summed E-state index contributed by atoms with van der Waals surface area (Å²) in [6.07, 6.45) is 4.83. The van der Waals surface area contributed by atoms with Crippen LogP contribution in [0.2, 0.25) is 0 Å². The van der Waals surface area contributed by atoms with E-state index in [1.54, 1.807) is 17.3 Å². The van der Waals surface area contributed by atoms with Crippen molar-refractivity contribution in [1.82, 2.24) is 10.3 Å². The van der Waals surface area contributed by atoms with Gasteiger partial charge in [-0.05, 0) is 39.8 Å². The number of allylic oxidation sites excluding steroid dienone is 1. The number of ether oxygens (including phenoxy) is 1. The second-order valence-corrected chi connectivity index (χ2v) is 4.75. The van der Waals surface area contributed by atoms with Crippen molar-refractivity contribution in [3.63, 3.8) is 0 Å². The third kappa shape index (κ3) is 3.94. The fourth-order valence-corrected chi connectivity index (χ4v) is 1.21. The zero-order chi connectivity index (χ0) is 12.3. The van der Waals surface area contributed by atoms with Crippen molar-refractivity contribution in [2.45, 2.75) is 39.3 Å². The van der Waals surface area contributed by atoms with E-state index in [1.807, 2.05) is 33.8 Å². The van der Waals surface area contributed by atoms with Gasteiger partial charge in [0.1, 0.15) is 5.60 Å². The summed E-state index contributed by atoms with van der Waals surface area (Å²) in [6, 6.07) is 0.0509. The van der Waals surface area contributed by atoms with Crippen LogP contribution in [-0.2, 0) is 4.74 Å². The lowest BCUT2D eigenvalue weighted by molar-refractivity contribution is 0.0547. The van der Waals surface area contributed by atoms with E-state index in [9.17, 15) is 4.79 Å². The molecule has 0 fully saturated rings. The van der Waals surface area contributed by atoms with Crippen LogP contribution in [0.3, 0.4) is 0 Å². The Kier molecular flexibility index (Phi) is 3.59. The highest BCUT2D eigenvalue weighted by atomic mass is 16.6. The normalized spacial score (nSPS) is 20.4. The summed E-state index contributed by atoms with van der Waals surface area (Å²) in [5, 5.41) is 4.21. The molecule has 90 valence electrons. The molecule has 1 aliphatic heterocycles. The maximum Gasteiger partial charge on any atom is 0.412 e. The Morgan fingerprint density at radius 1 is 1.56 bits per heavy atom. The molecule has 1 heterocycles. The first-order valence-corrected chi connectivity index (χ1v) is 5.21. The maximum absolute atomic E-state index is 11.5. The van der Waals surface area contributed by atoms with Gasteiger partial charge < -0.3 is 9.75 Å². The molecule has 0 aromatic rings. The molecule has 3 N–H and O–H groups in total. The molecule has 0 aromatic heterocycles. The predicted molar refractivity (Wildman–Crippen MR) is 62.1 cm³/mol. The molecule has 0 radical (unpaired) electrons. The summed E-state index contributed by atoms with van der Waals surface area (Å²) in [5.41, 5.74) is 0.206. The molecule has 0 spiro atoms. The molecule has 1 atom stereocenters. The topological polar surface area (TPSA) is 67.6 Å². The summed E-state index contributed by atoms with van der Waals surface area (Å²) in [4.78, 5) is 11.5. The molecule has 0 aliphatic carbocycles. The van der Waals surface area contributed by atoms with E-state index in [4.69, 9.17) is 10.6 Å². The quantitative estimate of drug-likeness (QED) is 0.663. The Labute approximate surface area is 95.9 Å². The van der Waals surface area contributed by atoms with E-state index < -0.39 is 11.7 Å². The minimum absolute atomic E-state index is 0.0509. The highest BCUT2D eigenvalue weighted by Gasteiger charge is 2.17. The highest BCUT2D eigenvalue weighted by Crippen LogP contribution is 2.10. The fourth-order valence-electron chi connectivity index (χ4n) is 1.21. The Bertz CT molecular complexity index is 329. The van der Waals surface area contributed by atoms with Crippen LogP contribution in [0.4, 0.5) is 4.79 Å². The van der Waals surface area contributed by atoms with Crippen LogP contribution >= 0.6 is 0 Å². The SMILES string of the molecule is CC1C=C(NC(=O)OC(C)(C)C)C=CN1N. The van der Waals surface area contributed by atoms with Gasteiger partial charge in [0.15, 0.2) is 0 Å². The van der Waals surface area contributed by atoms with Crippen molar-refractivity contribution < 1.29 is 9.53 Å². The predicted octanol–water partition coefficient (Wildman–Crippen LogP) is 1.49. The van der Waals surface area contributed by atoms with E-state index in [0.717, 1.165) is 0 Å². The molecule has 1 unspecified atom stereocenters. The third-order valence-corrected chi connectivity index (χ3v) is 1.96. The van der Waals surface area contributed by atoms with Gasteiger partial charge in [0, 0.05) is 11.9 Å². The van der Waals surface area contributed by atoms with E-state index in [-0.39, 0.29) is 6.04 Å². The van der Waals surface area contributed by atoms with Crippen LogP contribution < -0.4 is 11.2 Å². The Morgan fingerprint density at radius 3 is 2.69 bits per heavy atom. The van der Waals surface area contributed by atoms with Crippen LogP contribution in [0.25, 0.3) is 0 Å². The van der Waals surface area contributed by atoms with Gasteiger partial charge in [-0.25, -0.2) is 10.6 Å². The van der Waals surface area contributed by atoms with Crippen LogP contribution in [0.15, 0.2) is 24.0 Å². The first-order chi connectivity index (χ1) is 7.28. The number of hydrazine groups is 1. The lowest BCUT2D eigenvalue weighted by atomic mass is 10.2. The van der Waals surface area contributed by atoms with Gasteiger partial charge in [0.25, 0.3) is 0 Å². The van der Waals surface area contributed by atoms with E-state index in [0.29, 0.717) is 5.70 Å². The molecule has 0 aromatic carbocycles. The molecular weight excluding hydrogens is 206 g/mol. The fraction of sp³-hybridized carbons (Fsp3) is 0.545. The average molecular weight is 225 g/mol. The first kappa shape index (κ1) is 12.6. The minimum Gasteiger partial charge on any atom is -0.444 e. The maximum atomic E-state index is 11.5. The molecule has 16 heavy (non-hydrogen) atoms. The molecule has 0 saturated carbocycles. The molecule has 0 bridgehead atoms. The van der Waals surface area contributed by atoms with Crippen LogP contribution in [0.5, 0.6) is 0 Å². The largest absolute Gasteiger partial charge is 0.444 e. The second kappa shape index (κ2) is 4.57. The molecule has 1 amide bonds. The number of rotatable bonds is 1. The van der Waals surface area contributed by atoms with Gasteiger partial charge in [-0.2, -0.15) is 0 Å². The summed E-state index contributed by atoms with van der Waals surface area (Å²) in [5.74, 6) is 5.63. The van der Waals surface area contributed by atoms with E-state index in [1.165, 1.54) is 0 Å². The number of nitrogens with two attached hydrogens (primary N) is 1. The van der Waals surface area contributed by atoms with E-state index in [2.05, 4.69) is 5.32 Å². The summed E-state index contributed by atoms with van der Waals surface area (Å²) >= 11 is 0. The van der Waals surface area contributed by atoms with E-state index >= 15 is 0 Å². The van der Waals surface area contributed by atoms with Gasteiger partial charge in [-0.1, -0.05) is 0 Å². The zero-order valence-electron chi connectivity index (χ0n) is 10.2. The second-order valence-electron chi connectivity index (χ2n) is 4.75. The number of amides is 1. The lowest BCUT2D eigenvalue weighted by Crippen LogP contribution is -2.38. The van der Waals surface area contributed by atoms with Crippen molar-refractivity contribution in [2.24, 2.45) is 5.84 Å². The van der Waals surface area contributed by atoms with Crippen LogP contribution in [0.1, 0.15) is 27.7 Å². The van der Waals surface area contributed by atoms with Crippen LogP contribution in [0, 0.1) is 0 Å². The monoisotopic (exact) mass is 225 g/mol. The van der Waals surface area contributed by atoms with Crippen molar-refractivity contribution >= 4 is 6.09 Å². The molecule has 1 rings (SSSR count). The minimum atomic E-state index is -0.492. The van der Waals surface area contributed by atoms with Crippen molar-refractivity contribution in [3.05, 3.63) is 24.0 Å². The number of nitrogens with zero attached hydrogens (tertiary/aromatic N) is 1. The van der Waals surface area contributed by atoms with Crippen LogP contribution in [-0.4, -0.2) is 22.7 Å². The number of hydrogen-bond acceptors (Lipinski definition) is 4. The summed E-state index contributed by atoms with van der Waals surface area (Å²) in [6.45, 7) is 7.39. The Balaban J connectivity index is 2.53. The number of carbonyl (C=O) groups is 1. The van der Waals surface area contributed by atoms with Crippen molar-refractivity contribution in [2.75, 3.05) is 0 Å².